The molecule has 0 aromatic rings. The van der Waals surface area contributed by atoms with Gasteiger partial charge in [0.2, 0.25) is 0 Å². The molecule has 0 aromatic carbocycles. The smallest absolute Gasteiger partial charge is 0.278 e. The number of hydrazine groups is 2. The molecule has 7 heteroatoms. The Morgan fingerprint density at radius 2 is 2.07 bits per heavy atom. The third-order valence-corrected chi connectivity index (χ3v) is 5.19. The van der Waals surface area contributed by atoms with Crippen LogP contribution in [0, 0.1) is 11.8 Å². The van der Waals surface area contributed by atoms with Crippen molar-refractivity contribution in [2.45, 2.75) is 47.5 Å². The summed E-state index contributed by atoms with van der Waals surface area (Å²) in [4.78, 5) is 14.8. The summed E-state index contributed by atoms with van der Waals surface area (Å²) < 4.78 is 0. The molecule has 2 N–H and O–H groups in total. The largest absolute Gasteiger partial charge is 0.307 e. The van der Waals surface area contributed by atoms with Gasteiger partial charge in [-0.1, -0.05) is 58.4 Å². The number of likely N-dealkylation sites (tertiary alicyclic amines) is 1. The summed E-state index contributed by atoms with van der Waals surface area (Å²) >= 11 is 0. The molecule has 2 unspecified atom stereocenters. The Morgan fingerprint density at radius 1 is 1.32 bits per heavy atom. The molecule has 156 valence electrons. The molecule has 0 radical (unpaired) electrons. The van der Waals surface area contributed by atoms with E-state index in [-0.39, 0.29) is 11.8 Å². The molecule has 7 nitrogen and oxygen atoms in total. The van der Waals surface area contributed by atoms with Crippen LogP contribution in [0.1, 0.15) is 47.5 Å². The topological polar surface area (TPSA) is 63.2 Å². The zero-order chi connectivity index (χ0) is 20.7. The first-order chi connectivity index (χ1) is 13.5. The molecule has 3 aliphatic rings. The Hall–Kier alpha value is -2.12. The maximum absolute atomic E-state index is 12.3. The van der Waals surface area contributed by atoms with Crippen LogP contribution < -0.4 is 10.7 Å². The third-order valence-electron chi connectivity index (χ3n) is 5.19. The van der Waals surface area contributed by atoms with Crippen LogP contribution in [0.15, 0.2) is 40.8 Å². The summed E-state index contributed by atoms with van der Waals surface area (Å²) in [5, 5.41) is 11.0. The van der Waals surface area contributed by atoms with E-state index in [1.807, 2.05) is 20.9 Å². The number of nitrogens with one attached hydrogen (secondary N) is 2. The van der Waals surface area contributed by atoms with Crippen molar-refractivity contribution < 1.29 is 4.79 Å². The van der Waals surface area contributed by atoms with Gasteiger partial charge in [-0.3, -0.25) is 9.69 Å². The van der Waals surface area contributed by atoms with Gasteiger partial charge in [0.05, 0.1) is 0 Å². The second-order valence-corrected chi connectivity index (χ2v) is 7.20. The second kappa shape index (κ2) is 10.4. The molecule has 3 aliphatic heterocycles. The van der Waals surface area contributed by atoms with Crippen molar-refractivity contribution in [3.8, 4) is 0 Å². The van der Waals surface area contributed by atoms with Crippen molar-refractivity contribution in [2.75, 3.05) is 26.7 Å². The highest BCUT2D eigenvalue weighted by molar-refractivity contribution is 6.08. The predicted molar refractivity (Wildman–Crippen MR) is 115 cm³/mol. The average Bonchev–Trinajstić information content (AvgIpc) is 3.25. The summed E-state index contributed by atoms with van der Waals surface area (Å²) in [6.07, 6.45) is 10.4. The molecule has 1 fully saturated rings. The average molecular weight is 389 g/mol. The molecule has 0 saturated carbocycles. The standard InChI is InChI=1S/C19H30N6O.C2H6/c1-5-7-8-9-15(6-2)12-24-11-14(3)16(13-24)18-21-19(26)17-10-20-23(4)25(17)22-18;1-2/h7-10,14,16,20H,5-6,11-13H2,1-4H3,(H,21,22,26);1-2H3/b8-7-,15-9+;. The molecule has 1 saturated heterocycles. The number of amides is 1. The first-order valence-electron chi connectivity index (χ1n) is 10.5. The van der Waals surface area contributed by atoms with E-state index in [0.29, 0.717) is 11.6 Å². The lowest BCUT2D eigenvalue weighted by Crippen LogP contribution is -2.50. The van der Waals surface area contributed by atoms with E-state index in [0.717, 1.165) is 38.3 Å². The Bertz CT molecular complexity index is 666. The van der Waals surface area contributed by atoms with Gasteiger partial charge in [-0.05, 0) is 18.8 Å². The minimum atomic E-state index is -0.101. The van der Waals surface area contributed by atoms with Gasteiger partial charge in [-0.2, -0.15) is 5.12 Å². The first-order valence-corrected chi connectivity index (χ1v) is 10.5. The van der Waals surface area contributed by atoms with Gasteiger partial charge in [0.25, 0.3) is 5.91 Å². The molecule has 28 heavy (non-hydrogen) atoms. The lowest BCUT2D eigenvalue weighted by molar-refractivity contribution is -0.120. The number of hydrogen-bond donors (Lipinski definition) is 2. The summed E-state index contributed by atoms with van der Waals surface area (Å²) in [6.45, 7) is 13.5. The predicted octanol–water partition coefficient (Wildman–Crippen LogP) is 2.83. The summed E-state index contributed by atoms with van der Waals surface area (Å²) in [6, 6.07) is 0. The third kappa shape index (κ3) is 5.02. The van der Waals surface area contributed by atoms with Crippen LogP contribution in [0.2, 0.25) is 0 Å². The van der Waals surface area contributed by atoms with E-state index >= 15 is 0 Å². The van der Waals surface area contributed by atoms with Gasteiger partial charge >= 0.3 is 0 Å². The Labute approximate surface area is 169 Å². The van der Waals surface area contributed by atoms with Crippen molar-refractivity contribution >= 4 is 11.7 Å². The van der Waals surface area contributed by atoms with E-state index in [4.69, 9.17) is 0 Å². The van der Waals surface area contributed by atoms with E-state index in [1.54, 1.807) is 16.4 Å². The maximum atomic E-state index is 12.3. The van der Waals surface area contributed by atoms with Gasteiger partial charge in [0.1, 0.15) is 5.84 Å². The molecule has 0 aliphatic carbocycles. The summed E-state index contributed by atoms with van der Waals surface area (Å²) in [7, 11) is 1.84. The quantitative estimate of drug-likeness (QED) is 0.685. The molecule has 0 spiro atoms. The van der Waals surface area contributed by atoms with Crippen LogP contribution >= 0.6 is 0 Å². The van der Waals surface area contributed by atoms with E-state index in [9.17, 15) is 4.79 Å². The molecule has 0 bridgehead atoms. The van der Waals surface area contributed by atoms with Crippen molar-refractivity contribution in [1.82, 2.24) is 25.9 Å². The normalized spacial score (nSPS) is 25.7. The molecule has 0 aromatic heterocycles. The van der Waals surface area contributed by atoms with Crippen molar-refractivity contribution in [1.29, 1.82) is 0 Å². The Morgan fingerprint density at radius 3 is 2.75 bits per heavy atom. The minimum Gasteiger partial charge on any atom is -0.307 e. The fraction of sp³-hybridized carbons (Fsp3) is 0.619. The highest BCUT2D eigenvalue weighted by Gasteiger charge is 2.39. The number of hydrogen-bond acceptors (Lipinski definition) is 6. The van der Waals surface area contributed by atoms with E-state index < -0.39 is 0 Å². The lowest BCUT2D eigenvalue weighted by atomic mass is 9.96. The van der Waals surface area contributed by atoms with Gasteiger partial charge in [0, 0.05) is 38.8 Å². The number of allylic oxidation sites excluding steroid dienone is 3. The van der Waals surface area contributed by atoms with Crippen molar-refractivity contribution in [3.05, 3.63) is 35.7 Å². The molecule has 3 rings (SSSR count). The zero-order valence-corrected chi connectivity index (χ0v) is 18.2. The van der Waals surface area contributed by atoms with Gasteiger partial charge < -0.3 is 10.7 Å². The second-order valence-electron chi connectivity index (χ2n) is 7.20. The number of carbonyl (C=O) groups is 1. The van der Waals surface area contributed by atoms with Crippen LogP contribution in [0.4, 0.5) is 0 Å². The summed E-state index contributed by atoms with van der Waals surface area (Å²) in [5.74, 6) is 1.35. The molecule has 1 amide bonds. The minimum absolute atomic E-state index is 0.101. The van der Waals surface area contributed by atoms with Crippen LogP contribution in [0.3, 0.4) is 0 Å². The van der Waals surface area contributed by atoms with Crippen LogP contribution in [0.5, 0.6) is 0 Å². The lowest BCUT2D eigenvalue weighted by Gasteiger charge is -2.30. The molecule has 3 heterocycles. The monoisotopic (exact) mass is 388 g/mol. The number of nitrogens with zero attached hydrogens (tertiary/aromatic N) is 4. The first kappa shape index (κ1) is 22.2. The fourth-order valence-corrected chi connectivity index (χ4v) is 3.64. The van der Waals surface area contributed by atoms with Crippen molar-refractivity contribution in [3.63, 3.8) is 0 Å². The highest BCUT2D eigenvalue weighted by Crippen LogP contribution is 2.27. The van der Waals surface area contributed by atoms with Gasteiger partial charge in [0.15, 0.2) is 5.70 Å². The highest BCUT2D eigenvalue weighted by atomic mass is 16.2. The molecule has 2 atom stereocenters. The number of fused-ring (bicyclic) bond motifs is 1. The molecular weight excluding hydrogens is 352 g/mol. The number of amidine groups is 1. The van der Waals surface area contributed by atoms with Crippen molar-refractivity contribution in [2.24, 2.45) is 16.9 Å². The Balaban J connectivity index is 0.00000136. The van der Waals surface area contributed by atoms with E-state index in [2.05, 4.69) is 59.7 Å². The maximum Gasteiger partial charge on any atom is 0.278 e. The fourth-order valence-electron chi connectivity index (χ4n) is 3.64. The molecular formula is C21H36N6O. The Kier molecular flexibility index (Phi) is 8.26. The summed E-state index contributed by atoms with van der Waals surface area (Å²) in [5.41, 5.74) is 4.95. The van der Waals surface area contributed by atoms with Gasteiger partial charge in [-0.15, -0.1) is 10.2 Å². The van der Waals surface area contributed by atoms with Crippen LogP contribution in [-0.2, 0) is 4.79 Å². The number of carbonyl (C=O) groups excluding carboxylic acids is 1. The number of rotatable bonds is 6. The number of hydrazone groups is 1. The zero-order valence-electron chi connectivity index (χ0n) is 18.2. The van der Waals surface area contributed by atoms with Crippen LogP contribution in [-0.4, -0.2) is 53.6 Å². The van der Waals surface area contributed by atoms with Crippen LogP contribution in [0.25, 0.3) is 0 Å². The van der Waals surface area contributed by atoms with E-state index in [1.165, 1.54) is 5.57 Å². The van der Waals surface area contributed by atoms with Gasteiger partial charge in [-0.25, -0.2) is 0 Å². The SMILES string of the molecule is CC.CC/C=C\C=C(/CC)CN1CC(C)C(C2=NN3C(=CNN3C)C(=O)N2)C1.